The molecule has 1 aromatic carbocycles. The highest BCUT2D eigenvalue weighted by Crippen LogP contribution is 2.23. The first-order valence-corrected chi connectivity index (χ1v) is 7.73. The van der Waals surface area contributed by atoms with E-state index in [0.717, 1.165) is 0 Å². The van der Waals surface area contributed by atoms with Crippen LogP contribution < -0.4 is 5.32 Å². The molecule has 6 heteroatoms. The third-order valence-corrected chi connectivity index (χ3v) is 3.97. The van der Waals surface area contributed by atoms with Crippen LogP contribution in [0.2, 0.25) is 0 Å². The summed E-state index contributed by atoms with van der Waals surface area (Å²) in [4.78, 5) is 26.0. The topological polar surface area (TPSA) is 69.6 Å². The summed E-state index contributed by atoms with van der Waals surface area (Å²) >= 11 is 0. The molecule has 1 heterocycles. The van der Waals surface area contributed by atoms with E-state index in [2.05, 4.69) is 5.32 Å². The van der Waals surface area contributed by atoms with Crippen LogP contribution in [0.25, 0.3) is 0 Å². The zero-order valence-corrected chi connectivity index (χ0v) is 13.7. The van der Waals surface area contributed by atoms with Crippen molar-refractivity contribution in [1.29, 1.82) is 0 Å². The SMILES string of the molecule is CC(C)(C)C(=O)Nc1ccc(F)c(C(=O)N2CCC(CO)C2)c1. The Hall–Kier alpha value is -1.95. The lowest BCUT2D eigenvalue weighted by Gasteiger charge is -2.19. The fourth-order valence-electron chi connectivity index (χ4n) is 2.42. The van der Waals surface area contributed by atoms with Crippen molar-refractivity contribution in [3.8, 4) is 0 Å². The third-order valence-electron chi connectivity index (χ3n) is 3.97. The van der Waals surface area contributed by atoms with E-state index in [1.807, 2.05) is 0 Å². The van der Waals surface area contributed by atoms with E-state index >= 15 is 0 Å². The Kier molecular flexibility index (Phi) is 5.04. The van der Waals surface area contributed by atoms with E-state index in [9.17, 15) is 14.0 Å². The summed E-state index contributed by atoms with van der Waals surface area (Å²) in [6, 6.07) is 3.99. The normalized spacial score (nSPS) is 18.1. The van der Waals surface area contributed by atoms with Crippen LogP contribution in [0.4, 0.5) is 10.1 Å². The van der Waals surface area contributed by atoms with Crippen LogP contribution in [0.3, 0.4) is 0 Å². The van der Waals surface area contributed by atoms with Crippen molar-refractivity contribution in [1.82, 2.24) is 4.90 Å². The van der Waals surface area contributed by atoms with Crippen LogP contribution in [0, 0.1) is 17.2 Å². The van der Waals surface area contributed by atoms with Gasteiger partial charge in [-0.05, 0) is 24.6 Å². The number of hydrogen-bond donors (Lipinski definition) is 2. The number of halogens is 1. The maximum Gasteiger partial charge on any atom is 0.256 e. The highest BCUT2D eigenvalue weighted by atomic mass is 19.1. The molecule has 126 valence electrons. The van der Waals surface area contributed by atoms with Gasteiger partial charge in [0, 0.05) is 36.7 Å². The number of aliphatic hydroxyl groups is 1. The number of aliphatic hydroxyl groups excluding tert-OH is 1. The molecule has 1 atom stereocenters. The predicted molar refractivity (Wildman–Crippen MR) is 85.6 cm³/mol. The number of carbonyl (C=O) groups excluding carboxylic acids is 2. The Balaban J connectivity index is 2.17. The number of hydrogen-bond acceptors (Lipinski definition) is 3. The Morgan fingerprint density at radius 3 is 2.65 bits per heavy atom. The van der Waals surface area contributed by atoms with Crippen molar-refractivity contribution in [2.45, 2.75) is 27.2 Å². The largest absolute Gasteiger partial charge is 0.396 e. The summed E-state index contributed by atoms with van der Waals surface area (Å²) in [5, 5.41) is 11.8. The lowest BCUT2D eigenvalue weighted by molar-refractivity contribution is -0.123. The van der Waals surface area contributed by atoms with E-state index in [-0.39, 0.29) is 24.0 Å². The van der Waals surface area contributed by atoms with Crippen molar-refractivity contribution in [2.75, 3.05) is 25.0 Å². The molecule has 0 saturated carbocycles. The van der Waals surface area contributed by atoms with E-state index in [4.69, 9.17) is 5.11 Å². The van der Waals surface area contributed by atoms with Crippen molar-refractivity contribution >= 4 is 17.5 Å². The second-order valence-corrected chi connectivity index (χ2v) is 6.99. The second-order valence-electron chi connectivity index (χ2n) is 6.99. The van der Waals surface area contributed by atoms with Crippen LogP contribution in [0.1, 0.15) is 37.6 Å². The molecule has 2 amide bonds. The van der Waals surface area contributed by atoms with Gasteiger partial charge < -0.3 is 15.3 Å². The monoisotopic (exact) mass is 322 g/mol. The Morgan fingerprint density at radius 1 is 1.39 bits per heavy atom. The molecule has 1 unspecified atom stereocenters. The Labute approximate surface area is 135 Å². The Bertz CT molecular complexity index is 610. The third kappa shape index (κ3) is 4.07. The van der Waals surface area contributed by atoms with Gasteiger partial charge in [0.2, 0.25) is 5.91 Å². The van der Waals surface area contributed by atoms with E-state index in [1.54, 1.807) is 20.8 Å². The average molecular weight is 322 g/mol. The lowest BCUT2D eigenvalue weighted by Crippen LogP contribution is -2.30. The first-order valence-electron chi connectivity index (χ1n) is 7.73. The number of likely N-dealkylation sites (tertiary alicyclic amines) is 1. The number of benzene rings is 1. The quantitative estimate of drug-likeness (QED) is 0.897. The average Bonchev–Trinajstić information content (AvgIpc) is 2.96. The molecule has 2 rings (SSSR count). The highest BCUT2D eigenvalue weighted by molar-refractivity contribution is 5.98. The summed E-state index contributed by atoms with van der Waals surface area (Å²) in [6.45, 7) is 6.27. The molecule has 0 spiro atoms. The molecule has 0 radical (unpaired) electrons. The number of nitrogens with one attached hydrogen (secondary N) is 1. The molecular formula is C17H23FN2O3. The molecule has 0 bridgehead atoms. The fourth-order valence-corrected chi connectivity index (χ4v) is 2.42. The number of anilines is 1. The summed E-state index contributed by atoms with van der Waals surface area (Å²) in [5.41, 5.74) is -0.245. The minimum atomic E-state index is -0.615. The number of nitrogens with zero attached hydrogens (tertiary/aromatic N) is 1. The zero-order valence-electron chi connectivity index (χ0n) is 13.7. The lowest BCUT2D eigenvalue weighted by atomic mass is 9.95. The van der Waals surface area contributed by atoms with Crippen LogP contribution in [0.15, 0.2) is 18.2 Å². The van der Waals surface area contributed by atoms with Gasteiger partial charge in [-0.2, -0.15) is 0 Å². The van der Waals surface area contributed by atoms with Crippen LogP contribution in [0.5, 0.6) is 0 Å². The minimum absolute atomic E-state index is 0.0218. The molecule has 1 aromatic rings. The molecule has 5 nitrogen and oxygen atoms in total. The van der Waals surface area contributed by atoms with Gasteiger partial charge >= 0.3 is 0 Å². The van der Waals surface area contributed by atoms with Gasteiger partial charge in [0.1, 0.15) is 5.82 Å². The van der Waals surface area contributed by atoms with Gasteiger partial charge in [0.15, 0.2) is 0 Å². The maximum atomic E-state index is 14.0. The summed E-state index contributed by atoms with van der Waals surface area (Å²) < 4.78 is 14.0. The van der Waals surface area contributed by atoms with Crippen molar-refractivity contribution in [3.05, 3.63) is 29.6 Å². The highest BCUT2D eigenvalue weighted by Gasteiger charge is 2.28. The molecule has 23 heavy (non-hydrogen) atoms. The fraction of sp³-hybridized carbons (Fsp3) is 0.529. The molecule has 1 saturated heterocycles. The molecular weight excluding hydrogens is 299 g/mol. The zero-order chi connectivity index (χ0) is 17.2. The van der Waals surface area contributed by atoms with E-state index in [0.29, 0.717) is 25.2 Å². The summed E-state index contributed by atoms with van der Waals surface area (Å²) in [5.74, 6) is -1.18. The minimum Gasteiger partial charge on any atom is -0.396 e. The molecule has 2 N–H and O–H groups in total. The maximum absolute atomic E-state index is 14.0. The van der Waals surface area contributed by atoms with Gasteiger partial charge in [-0.3, -0.25) is 9.59 Å². The molecule has 0 aliphatic carbocycles. The first-order chi connectivity index (χ1) is 10.7. The summed E-state index contributed by atoms with van der Waals surface area (Å²) in [6.07, 6.45) is 0.713. The number of carbonyl (C=O) groups is 2. The second kappa shape index (κ2) is 6.66. The first kappa shape index (κ1) is 17.4. The van der Waals surface area contributed by atoms with Gasteiger partial charge in [-0.15, -0.1) is 0 Å². The standard InChI is InChI=1S/C17H23FN2O3/c1-17(2,3)16(23)19-12-4-5-14(18)13(8-12)15(22)20-7-6-11(9-20)10-21/h4-5,8,11,21H,6-7,9-10H2,1-3H3,(H,19,23). The van der Waals surface area contributed by atoms with E-state index in [1.165, 1.54) is 23.1 Å². The number of amides is 2. The molecule has 1 aliphatic heterocycles. The van der Waals surface area contributed by atoms with Gasteiger partial charge in [0.25, 0.3) is 5.91 Å². The number of rotatable bonds is 3. The van der Waals surface area contributed by atoms with Gasteiger partial charge in [-0.25, -0.2) is 4.39 Å². The van der Waals surface area contributed by atoms with Gasteiger partial charge in [0.05, 0.1) is 5.56 Å². The van der Waals surface area contributed by atoms with Crippen molar-refractivity contribution < 1.29 is 19.1 Å². The van der Waals surface area contributed by atoms with Crippen LogP contribution in [-0.4, -0.2) is 41.5 Å². The molecule has 1 aliphatic rings. The van der Waals surface area contributed by atoms with Crippen molar-refractivity contribution in [2.24, 2.45) is 11.3 Å². The molecule has 1 fully saturated rings. The Morgan fingerprint density at radius 2 is 2.09 bits per heavy atom. The smallest absolute Gasteiger partial charge is 0.256 e. The van der Waals surface area contributed by atoms with Crippen LogP contribution in [-0.2, 0) is 4.79 Å². The molecule has 0 aromatic heterocycles. The van der Waals surface area contributed by atoms with Gasteiger partial charge in [-0.1, -0.05) is 20.8 Å². The van der Waals surface area contributed by atoms with E-state index < -0.39 is 17.1 Å². The predicted octanol–water partition coefficient (Wildman–Crippen LogP) is 2.26. The van der Waals surface area contributed by atoms with Crippen LogP contribution >= 0.6 is 0 Å². The summed E-state index contributed by atoms with van der Waals surface area (Å²) in [7, 11) is 0. The van der Waals surface area contributed by atoms with Crippen molar-refractivity contribution in [3.63, 3.8) is 0 Å².